The van der Waals surface area contributed by atoms with E-state index < -0.39 is 30.4 Å². The van der Waals surface area contributed by atoms with Crippen LogP contribution in [0.5, 0.6) is 0 Å². The van der Waals surface area contributed by atoms with Gasteiger partial charge in [-0.15, -0.1) is 0 Å². The molecule has 0 N–H and O–H groups in total. The third-order valence-electron chi connectivity index (χ3n) is 3.34. The summed E-state index contributed by atoms with van der Waals surface area (Å²) < 4.78 is 10.2. The molecule has 2 aromatic carbocycles. The second kappa shape index (κ2) is 8.62. The molecule has 0 aliphatic heterocycles. The lowest BCUT2D eigenvalue weighted by molar-refractivity contribution is -0.131. The number of hydrogen-bond acceptors (Lipinski definition) is 5. The van der Waals surface area contributed by atoms with Crippen LogP contribution < -0.4 is 0 Å². The van der Waals surface area contributed by atoms with Crippen LogP contribution in [0.25, 0.3) is 0 Å². The highest BCUT2D eigenvalue weighted by Crippen LogP contribution is 2.08. The topological polar surface area (TPSA) is 69.7 Å². The summed E-state index contributed by atoms with van der Waals surface area (Å²) in [5.41, 5.74) is 0.727. The minimum atomic E-state index is -0.943. The zero-order valence-electron chi connectivity index (χ0n) is 13.3. The zero-order chi connectivity index (χ0) is 17.4. The second-order valence-corrected chi connectivity index (χ2v) is 5.08. The standard InChI is InChI=1S/C19H18O5/c1-2-17(24-19(22)15-11-7-4-8-12-15)16(20)13-23-18(21)14-9-5-3-6-10-14/h3-12,17H,2,13H2,1H3/t17-/m0/s1. The first kappa shape index (κ1) is 17.4. The summed E-state index contributed by atoms with van der Waals surface area (Å²) in [6, 6.07) is 16.8. The van der Waals surface area contributed by atoms with Crippen molar-refractivity contribution in [1.82, 2.24) is 0 Å². The molecule has 0 aliphatic rings. The molecule has 0 amide bonds. The van der Waals surface area contributed by atoms with Crippen molar-refractivity contribution in [1.29, 1.82) is 0 Å². The van der Waals surface area contributed by atoms with E-state index in [2.05, 4.69) is 0 Å². The number of esters is 2. The van der Waals surface area contributed by atoms with Gasteiger partial charge in [0.1, 0.15) is 0 Å². The van der Waals surface area contributed by atoms with E-state index >= 15 is 0 Å². The molecular weight excluding hydrogens is 308 g/mol. The van der Waals surface area contributed by atoms with E-state index in [9.17, 15) is 14.4 Å². The van der Waals surface area contributed by atoms with Gasteiger partial charge >= 0.3 is 11.9 Å². The number of carbonyl (C=O) groups is 3. The molecule has 5 heteroatoms. The van der Waals surface area contributed by atoms with Gasteiger partial charge in [-0.25, -0.2) is 9.59 Å². The van der Waals surface area contributed by atoms with E-state index in [1.165, 1.54) is 0 Å². The van der Waals surface area contributed by atoms with Gasteiger partial charge in [-0.05, 0) is 30.7 Å². The summed E-state index contributed by atoms with van der Waals surface area (Å²) in [6.45, 7) is 1.29. The van der Waals surface area contributed by atoms with Crippen LogP contribution in [0.15, 0.2) is 60.7 Å². The van der Waals surface area contributed by atoms with Gasteiger partial charge in [0, 0.05) is 0 Å². The zero-order valence-corrected chi connectivity index (χ0v) is 13.3. The van der Waals surface area contributed by atoms with Crippen molar-refractivity contribution in [2.45, 2.75) is 19.4 Å². The van der Waals surface area contributed by atoms with E-state index in [0.717, 1.165) is 0 Å². The van der Waals surface area contributed by atoms with Gasteiger partial charge in [0.25, 0.3) is 0 Å². The van der Waals surface area contributed by atoms with Crippen LogP contribution in [0.3, 0.4) is 0 Å². The summed E-state index contributed by atoms with van der Waals surface area (Å²) >= 11 is 0. The van der Waals surface area contributed by atoms with E-state index in [1.54, 1.807) is 67.6 Å². The van der Waals surface area contributed by atoms with Crippen molar-refractivity contribution in [3.8, 4) is 0 Å². The van der Waals surface area contributed by atoms with Crippen molar-refractivity contribution >= 4 is 17.7 Å². The maximum absolute atomic E-state index is 12.1. The van der Waals surface area contributed by atoms with Gasteiger partial charge in [-0.3, -0.25) is 4.79 Å². The summed E-state index contributed by atoms with van der Waals surface area (Å²) in [5.74, 6) is -1.62. The Hall–Kier alpha value is -2.95. The Morgan fingerprint density at radius 2 is 1.33 bits per heavy atom. The number of ketones is 1. The van der Waals surface area contributed by atoms with E-state index in [4.69, 9.17) is 9.47 Å². The van der Waals surface area contributed by atoms with Crippen molar-refractivity contribution in [3.05, 3.63) is 71.8 Å². The van der Waals surface area contributed by atoms with E-state index in [-0.39, 0.29) is 0 Å². The lowest BCUT2D eigenvalue weighted by atomic mass is 10.1. The molecule has 0 spiro atoms. The lowest BCUT2D eigenvalue weighted by Crippen LogP contribution is -2.30. The Bertz CT molecular complexity index is 694. The fourth-order valence-electron chi connectivity index (χ4n) is 2.04. The first-order valence-corrected chi connectivity index (χ1v) is 7.62. The molecule has 0 aliphatic carbocycles. The molecule has 2 aromatic rings. The molecule has 0 unspecified atom stereocenters. The Morgan fingerprint density at radius 3 is 1.83 bits per heavy atom. The highest BCUT2D eigenvalue weighted by molar-refractivity contribution is 5.95. The van der Waals surface area contributed by atoms with Gasteiger partial charge in [-0.1, -0.05) is 43.3 Å². The van der Waals surface area contributed by atoms with Crippen molar-refractivity contribution in [2.75, 3.05) is 6.61 Å². The molecule has 0 saturated heterocycles. The highest BCUT2D eigenvalue weighted by atomic mass is 16.6. The molecule has 0 fully saturated rings. The number of rotatable bonds is 7. The van der Waals surface area contributed by atoms with Crippen molar-refractivity contribution < 1.29 is 23.9 Å². The van der Waals surface area contributed by atoms with Gasteiger partial charge in [0.2, 0.25) is 5.78 Å². The molecular formula is C19H18O5. The second-order valence-electron chi connectivity index (χ2n) is 5.08. The third kappa shape index (κ3) is 4.78. The SMILES string of the molecule is CC[C@H](OC(=O)c1ccccc1)C(=O)COC(=O)c1ccccc1. The van der Waals surface area contributed by atoms with Crippen LogP contribution in [-0.2, 0) is 14.3 Å². The van der Waals surface area contributed by atoms with Crippen LogP contribution in [0, 0.1) is 0 Å². The summed E-state index contributed by atoms with van der Waals surface area (Å²) in [4.78, 5) is 35.9. The molecule has 0 heterocycles. The Balaban J connectivity index is 1.89. The average molecular weight is 326 g/mol. The first-order valence-electron chi connectivity index (χ1n) is 7.62. The maximum Gasteiger partial charge on any atom is 0.338 e. The van der Waals surface area contributed by atoms with Crippen LogP contribution >= 0.6 is 0 Å². The average Bonchev–Trinajstić information content (AvgIpc) is 2.65. The van der Waals surface area contributed by atoms with Gasteiger partial charge in [0.05, 0.1) is 11.1 Å². The smallest absolute Gasteiger partial charge is 0.338 e. The predicted octanol–water partition coefficient (Wildman–Crippen LogP) is 3.05. The number of Topliss-reactive ketones (excluding diaryl/α,β-unsaturated/α-hetero) is 1. The maximum atomic E-state index is 12.1. The molecule has 0 aromatic heterocycles. The Kier molecular flexibility index (Phi) is 6.25. The summed E-state index contributed by atoms with van der Waals surface area (Å²) in [5, 5.41) is 0. The Labute approximate surface area is 140 Å². The van der Waals surface area contributed by atoms with Gasteiger partial charge in [0.15, 0.2) is 12.7 Å². The largest absolute Gasteiger partial charge is 0.454 e. The molecule has 2 rings (SSSR count). The first-order chi connectivity index (χ1) is 11.6. The van der Waals surface area contributed by atoms with Crippen molar-refractivity contribution in [3.63, 3.8) is 0 Å². The summed E-state index contributed by atoms with van der Waals surface area (Å²) in [6.07, 6.45) is -0.637. The third-order valence-corrected chi connectivity index (χ3v) is 3.34. The predicted molar refractivity (Wildman–Crippen MR) is 87.7 cm³/mol. The number of hydrogen-bond donors (Lipinski definition) is 0. The quantitative estimate of drug-likeness (QED) is 0.731. The lowest BCUT2D eigenvalue weighted by Gasteiger charge is -2.15. The molecule has 5 nitrogen and oxygen atoms in total. The molecule has 0 radical (unpaired) electrons. The van der Waals surface area contributed by atoms with Gasteiger partial charge < -0.3 is 9.47 Å². The number of ether oxygens (including phenoxy) is 2. The van der Waals surface area contributed by atoms with Crippen LogP contribution in [-0.4, -0.2) is 30.4 Å². The van der Waals surface area contributed by atoms with Gasteiger partial charge in [-0.2, -0.15) is 0 Å². The van der Waals surface area contributed by atoms with E-state index in [0.29, 0.717) is 17.5 Å². The minimum Gasteiger partial charge on any atom is -0.454 e. The highest BCUT2D eigenvalue weighted by Gasteiger charge is 2.23. The normalized spacial score (nSPS) is 11.4. The monoisotopic (exact) mass is 326 g/mol. The summed E-state index contributed by atoms with van der Waals surface area (Å²) in [7, 11) is 0. The van der Waals surface area contributed by atoms with Crippen LogP contribution in [0.4, 0.5) is 0 Å². The fraction of sp³-hybridized carbons (Fsp3) is 0.211. The van der Waals surface area contributed by atoms with Crippen LogP contribution in [0.2, 0.25) is 0 Å². The molecule has 0 bridgehead atoms. The number of benzene rings is 2. The van der Waals surface area contributed by atoms with Crippen molar-refractivity contribution in [2.24, 2.45) is 0 Å². The molecule has 24 heavy (non-hydrogen) atoms. The minimum absolute atomic E-state index is 0.306. The molecule has 0 saturated carbocycles. The van der Waals surface area contributed by atoms with Crippen LogP contribution in [0.1, 0.15) is 34.1 Å². The number of carbonyl (C=O) groups excluding carboxylic acids is 3. The Morgan fingerprint density at radius 1 is 0.833 bits per heavy atom. The molecule has 124 valence electrons. The van der Waals surface area contributed by atoms with E-state index in [1.807, 2.05) is 0 Å². The molecule has 1 atom stereocenters. The fourth-order valence-corrected chi connectivity index (χ4v) is 2.04.